The van der Waals surface area contributed by atoms with Crippen LogP contribution in [0, 0.1) is 6.92 Å². The Hall–Kier alpha value is -3.05. The first kappa shape index (κ1) is 24.6. The van der Waals surface area contributed by atoms with Gasteiger partial charge < -0.3 is 15.2 Å². The third-order valence-corrected chi connectivity index (χ3v) is 5.81. The lowest BCUT2D eigenvalue weighted by Gasteiger charge is -2.22. The second-order valence-electron chi connectivity index (χ2n) is 7.55. The Labute approximate surface area is 192 Å². The molecule has 3 aromatic rings. The van der Waals surface area contributed by atoms with E-state index in [9.17, 15) is 23.1 Å². The van der Waals surface area contributed by atoms with Crippen molar-refractivity contribution in [2.75, 3.05) is 0 Å². The number of aryl methyl sites for hydroxylation is 1. The normalized spacial score (nSPS) is 14.4. The largest absolute Gasteiger partial charge is 0.486 e. The fourth-order valence-corrected chi connectivity index (χ4v) is 3.63. The summed E-state index contributed by atoms with van der Waals surface area (Å²) in [6.07, 6.45) is -2.28. The SMILES string of the molecule is Cc1cnc(-c2cccc(C(=O)N[C@H](C)c3cnc(C(F)(F)F)nc3)c2O[C@@H](C)[C@@H](C)O)s1. The van der Waals surface area contributed by atoms with Crippen molar-refractivity contribution in [3.05, 3.63) is 58.6 Å². The van der Waals surface area contributed by atoms with Crippen LogP contribution in [-0.2, 0) is 6.18 Å². The molecule has 0 aliphatic heterocycles. The Morgan fingerprint density at radius 1 is 1.12 bits per heavy atom. The van der Waals surface area contributed by atoms with Crippen LogP contribution in [0.1, 0.15) is 53.4 Å². The standard InChI is InChI=1S/C22H23F3N4O3S/c1-11-8-26-20(33-11)17-7-5-6-16(18(17)32-14(4)13(3)30)19(31)29-12(2)15-9-27-21(28-10-15)22(23,24)25/h5-10,12-14,30H,1-4H3,(H,29,31)/t12-,13-,14+/m1/s1. The van der Waals surface area contributed by atoms with Gasteiger partial charge in [0.25, 0.3) is 5.91 Å². The number of carbonyl (C=O) groups is 1. The van der Waals surface area contributed by atoms with Gasteiger partial charge in [-0.15, -0.1) is 11.3 Å². The van der Waals surface area contributed by atoms with E-state index >= 15 is 0 Å². The van der Waals surface area contributed by atoms with Gasteiger partial charge in [0.1, 0.15) is 16.9 Å². The highest BCUT2D eigenvalue weighted by atomic mass is 32.1. The Kier molecular flexibility index (Phi) is 7.33. The number of benzene rings is 1. The van der Waals surface area contributed by atoms with Gasteiger partial charge in [-0.05, 0) is 39.8 Å². The number of hydrogen-bond donors (Lipinski definition) is 2. The van der Waals surface area contributed by atoms with Crippen molar-refractivity contribution in [1.82, 2.24) is 20.3 Å². The first-order valence-corrected chi connectivity index (χ1v) is 10.9. The predicted octanol–water partition coefficient (Wildman–Crippen LogP) is 4.57. The number of carbonyl (C=O) groups excluding carboxylic acids is 1. The summed E-state index contributed by atoms with van der Waals surface area (Å²) in [4.78, 5) is 25.1. The van der Waals surface area contributed by atoms with Crippen LogP contribution in [0.2, 0.25) is 0 Å². The molecule has 0 aliphatic carbocycles. The van der Waals surface area contributed by atoms with Crippen LogP contribution >= 0.6 is 11.3 Å². The van der Waals surface area contributed by atoms with E-state index in [1.165, 1.54) is 11.3 Å². The van der Waals surface area contributed by atoms with Gasteiger partial charge >= 0.3 is 6.18 Å². The van der Waals surface area contributed by atoms with Crippen molar-refractivity contribution >= 4 is 17.2 Å². The Morgan fingerprint density at radius 3 is 2.33 bits per heavy atom. The topological polar surface area (TPSA) is 97.2 Å². The molecule has 2 heterocycles. The number of aliphatic hydroxyl groups is 1. The molecular formula is C22H23F3N4O3S. The highest BCUT2D eigenvalue weighted by molar-refractivity contribution is 7.15. The second kappa shape index (κ2) is 9.84. The van der Waals surface area contributed by atoms with E-state index in [2.05, 4.69) is 20.3 Å². The average Bonchev–Trinajstić information content (AvgIpc) is 3.19. The van der Waals surface area contributed by atoms with Crippen molar-refractivity contribution in [2.45, 2.75) is 52.1 Å². The third kappa shape index (κ3) is 5.85. The quantitative estimate of drug-likeness (QED) is 0.514. The number of hydrogen-bond acceptors (Lipinski definition) is 7. The number of ether oxygens (including phenoxy) is 1. The molecular weight excluding hydrogens is 457 g/mol. The molecule has 11 heteroatoms. The molecule has 0 bridgehead atoms. The van der Waals surface area contributed by atoms with Crippen LogP contribution in [0.4, 0.5) is 13.2 Å². The molecule has 2 aromatic heterocycles. The fourth-order valence-electron chi connectivity index (χ4n) is 2.84. The number of halogens is 3. The van der Waals surface area contributed by atoms with E-state index in [-0.39, 0.29) is 11.3 Å². The first-order valence-electron chi connectivity index (χ1n) is 10.1. The smallest absolute Gasteiger partial charge is 0.451 e. The highest BCUT2D eigenvalue weighted by Gasteiger charge is 2.34. The lowest BCUT2D eigenvalue weighted by atomic mass is 10.1. The number of rotatable bonds is 7. The van der Waals surface area contributed by atoms with E-state index in [4.69, 9.17) is 4.74 Å². The van der Waals surface area contributed by atoms with Crippen LogP contribution in [-0.4, -0.2) is 38.2 Å². The molecule has 0 unspecified atom stereocenters. The maximum atomic E-state index is 13.1. The molecule has 0 saturated carbocycles. The zero-order valence-electron chi connectivity index (χ0n) is 18.3. The minimum atomic E-state index is -4.65. The van der Waals surface area contributed by atoms with Gasteiger partial charge in [0.05, 0.1) is 23.3 Å². The second-order valence-corrected chi connectivity index (χ2v) is 8.79. The Bertz CT molecular complexity index is 1120. The molecule has 33 heavy (non-hydrogen) atoms. The number of thiazole rings is 1. The van der Waals surface area contributed by atoms with Crippen LogP contribution in [0.25, 0.3) is 10.6 Å². The van der Waals surface area contributed by atoms with E-state index in [0.717, 1.165) is 17.3 Å². The summed E-state index contributed by atoms with van der Waals surface area (Å²) < 4.78 is 44.1. The van der Waals surface area contributed by atoms with Gasteiger partial charge in [0, 0.05) is 29.0 Å². The Morgan fingerprint density at radius 2 is 1.79 bits per heavy atom. The van der Waals surface area contributed by atoms with Crippen molar-refractivity contribution in [3.63, 3.8) is 0 Å². The van der Waals surface area contributed by atoms with Crippen molar-refractivity contribution in [2.24, 2.45) is 0 Å². The Balaban J connectivity index is 1.91. The van der Waals surface area contributed by atoms with Crippen molar-refractivity contribution in [1.29, 1.82) is 0 Å². The van der Waals surface area contributed by atoms with E-state index < -0.39 is 36.2 Å². The summed E-state index contributed by atoms with van der Waals surface area (Å²) >= 11 is 1.43. The van der Waals surface area contributed by atoms with Gasteiger partial charge in [-0.25, -0.2) is 15.0 Å². The number of nitrogens with zero attached hydrogens (tertiary/aromatic N) is 3. The molecule has 0 fully saturated rings. The number of alkyl halides is 3. The molecule has 0 spiro atoms. The van der Waals surface area contributed by atoms with Gasteiger partial charge in [0.2, 0.25) is 5.82 Å². The van der Waals surface area contributed by atoms with Crippen molar-refractivity contribution in [3.8, 4) is 16.3 Å². The summed E-state index contributed by atoms with van der Waals surface area (Å²) in [6, 6.07) is 4.35. The van der Waals surface area contributed by atoms with Crippen molar-refractivity contribution < 1.29 is 27.8 Å². The molecule has 3 atom stereocenters. The fraction of sp³-hybridized carbons (Fsp3) is 0.364. The van der Waals surface area contributed by atoms with Gasteiger partial charge in [0.15, 0.2) is 0 Å². The number of amides is 1. The summed E-state index contributed by atoms with van der Waals surface area (Å²) in [5.74, 6) is -1.50. The van der Waals surface area contributed by atoms with Crippen LogP contribution in [0.3, 0.4) is 0 Å². The molecule has 0 aliphatic rings. The van der Waals surface area contributed by atoms with E-state index in [0.29, 0.717) is 16.1 Å². The lowest BCUT2D eigenvalue weighted by Crippen LogP contribution is -2.30. The van der Waals surface area contributed by atoms with E-state index in [1.807, 2.05) is 6.92 Å². The lowest BCUT2D eigenvalue weighted by molar-refractivity contribution is -0.145. The molecule has 1 aromatic carbocycles. The van der Waals surface area contributed by atoms with Crippen LogP contribution < -0.4 is 10.1 Å². The minimum absolute atomic E-state index is 0.201. The number of aliphatic hydroxyl groups excluding tert-OH is 1. The zero-order chi connectivity index (χ0) is 24.3. The molecule has 0 saturated heterocycles. The highest BCUT2D eigenvalue weighted by Crippen LogP contribution is 2.37. The molecule has 2 N–H and O–H groups in total. The molecule has 3 rings (SSSR count). The van der Waals surface area contributed by atoms with Crippen LogP contribution in [0.15, 0.2) is 36.8 Å². The summed E-state index contributed by atoms with van der Waals surface area (Å²) in [6.45, 7) is 6.77. The predicted molar refractivity (Wildman–Crippen MR) is 117 cm³/mol. The summed E-state index contributed by atoms with van der Waals surface area (Å²) in [5, 5.41) is 13.3. The van der Waals surface area contributed by atoms with E-state index in [1.54, 1.807) is 45.2 Å². The molecule has 1 amide bonds. The minimum Gasteiger partial charge on any atom is -0.486 e. The summed E-state index contributed by atoms with van der Waals surface area (Å²) in [7, 11) is 0. The molecule has 0 radical (unpaired) electrons. The van der Waals surface area contributed by atoms with Gasteiger partial charge in [-0.3, -0.25) is 4.79 Å². The monoisotopic (exact) mass is 480 g/mol. The van der Waals surface area contributed by atoms with Gasteiger partial charge in [-0.2, -0.15) is 13.2 Å². The number of aromatic nitrogens is 3. The molecule has 7 nitrogen and oxygen atoms in total. The van der Waals surface area contributed by atoms with Gasteiger partial charge in [-0.1, -0.05) is 6.07 Å². The average molecular weight is 481 g/mol. The zero-order valence-corrected chi connectivity index (χ0v) is 19.2. The molecule has 176 valence electrons. The van der Waals surface area contributed by atoms with Crippen LogP contribution in [0.5, 0.6) is 5.75 Å². The number of para-hydroxylation sites is 1. The third-order valence-electron chi connectivity index (χ3n) is 4.87. The maximum Gasteiger partial charge on any atom is 0.451 e. The first-order chi connectivity index (χ1) is 15.5. The number of nitrogens with one attached hydrogen (secondary N) is 1. The summed E-state index contributed by atoms with van der Waals surface area (Å²) in [5.41, 5.74) is 1.11. The maximum absolute atomic E-state index is 13.1.